The average molecular weight is 358 g/mol. The minimum Gasteiger partial charge on any atom is -0.464 e. The van der Waals surface area contributed by atoms with Gasteiger partial charge in [0.1, 0.15) is 0 Å². The maximum atomic E-state index is 11.3. The van der Waals surface area contributed by atoms with Crippen molar-refractivity contribution in [2.75, 3.05) is 7.11 Å². The standard InChI is InChI=1S/C20H39NO4/c1-3-4-5-6-7-8-9-10-11-12-13-14-15-16-17-18-19(21(23)24)20(22)25-2/h19H,3-18H2,1-2H3. The second-order valence-electron chi connectivity index (χ2n) is 7.06. The highest BCUT2D eigenvalue weighted by molar-refractivity contribution is 5.74. The minimum absolute atomic E-state index is 0.290. The molecule has 1 atom stereocenters. The fourth-order valence-corrected chi connectivity index (χ4v) is 3.15. The Balaban J connectivity index is 3.31. The zero-order valence-electron chi connectivity index (χ0n) is 16.5. The molecule has 0 heterocycles. The molecular formula is C20H39NO4. The van der Waals surface area contributed by atoms with Crippen LogP contribution in [0.2, 0.25) is 0 Å². The number of nitro groups is 1. The van der Waals surface area contributed by atoms with Gasteiger partial charge in [-0.3, -0.25) is 10.1 Å². The number of hydrogen-bond donors (Lipinski definition) is 0. The lowest BCUT2D eigenvalue weighted by molar-refractivity contribution is -0.511. The Bertz CT molecular complexity index is 334. The van der Waals surface area contributed by atoms with Gasteiger partial charge in [-0.05, 0) is 6.42 Å². The van der Waals surface area contributed by atoms with E-state index < -0.39 is 16.9 Å². The molecule has 0 saturated heterocycles. The van der Waals surface area contributed by atoms with Crippen LogP contribution in [-0.4, -0.2) is 24.0 Å². The third-order valence-electron chi connectivity index (χ3n) is 4.81. The van der Waals surface area contributed by atoms with E-state index in [0.717, 1.165) is 19.3 Å². The van der Waals surface area contributed by atoms with E-state index in [1.807, 2.05) is 0 Å². The molecule has 0 spiro atoms. The largest absolute Gasteiger partial charge is 0.464 e. The Morgan fingerprint density at radius 3 is 1.48 bits per heavy atom. The van der Waals surface area contributed by atoms with E-state index in [1.54, 1.807) is 0 Å². The molecule has 5 heteroatoms. The monoisotopic (exact) mass is 357 g/mol. The molecular weight excluding hydrogens is 318 g/mol. The summed E-state index contributed by atoms with van der Waals surface area (Å²) >= 11 is 0. The number of carbonyl (C=O) groups is 1. The Kier molecular flexibility index (Phi) is 16.9. The molecule has 1 unspecified atom stereocenters. The fourth-order valence-electron chi connectivity index (χ4n) is 3.15. The number of ether oxygens (including phenoxy) is 1. The molecule has 0 aromatic heterocycles. The van der Waals surface area contributed by atoms with Gasteiger partial charge in [-0.25, -0.2) is 4.79 Å². The first-order valence-corrected chi connectivity index (χ1v) is 10.3. The van der Waals surface area contributed by atoms with Crippen LogP contribution in [0.25, 0.3) is 0 Å². The van der Waals surface area contributed by atoms with E-state index >= 15 is 0 Å². The minimum atomic E-state index is -1.19. The van der Waals surface area contributed by atoms with Crippen molar-refractivity contribution in [3.63, 3.8) is 0 Å². The van der Waals surface area contributed by atoms with Gasteiger partial charge < -0.3 is 4.74 Å². The van der Waals surface area contributed by atoms with E-state index in [0.29, 0.717) is 0 Å². The molecule has 0 rings (SSSR count). The van der Waals surface area contributed by atoms with Gasteiger partial charge in [0.2, 0.25) is 0 Å². The average Bonchev–Trinajstić information content (AvgIpc) is 2.60. The van der Waals surface area contributed by atoms with Crippen LogP contribution >= 0.6 is 0 Å². The molecule has 0 bridgehead atoms. The van der Waals surface area contributed by atoms with Crippen LogP contribution in [0.4, 0.5) is 0 Å². The van der Waals surface area contributed by atoms with Crippen LogP contribution in [0.1, 0.15) is 110 Å². The van der Waals surface area contributed by atoms with Crippen LogP contribution in [0.15, 0.2) is 0 Å². The summed E-state index contributed by atoms with van der Waals surface area (Å²) in [4.78, 5) is 21.5. The van der Waals surface area contributed by atoms with E-state index in [4.69, 9.17) is 0 Å². The first-order valence-electron chi connectivity index (χ1n) is 10.3. The van der Waals surface area contributed by atoms with E-state index in [2.05, 4.69) is 11.7 Å². The van der Waals surface area contributed by atoms with Crippen molar-refractivity contribution in [1.82, 2.24) is 0 Å². The lowest BCUT2D eigenvalue weighted by atomic mass is 10.0. The number of unbranched alkanes of at least 4 members (excludes halogenated alkanes) is 14. The molecule has 0 fully saturated rings. The quantitative estimate of drug-likeness (QED) is 0.129. The number of esters is 1. The maximum absolute atomic E-state index is 11.3. The highest BCUT2D eigenvalue weighted by atomic mass is 16.6. The van der Waals surface area contributed by atoms with Crippen LogP contribution in [0.3, 0.4) is 0 Å². The first-order chi connectivity index (χ1) is 12.1. The second-order valence-corrected chi connectivity index (χ2v) is 7.06. The van der Waals surface area contributed by atoms with Crippen LogP contribution in [0, 0.1) is 10.1 Å². The molecule has 148 valence electrons. The maximum Gasteiger partial charge on any atom is 0.381 e. The highest BCUT2D eigenvalue weighted by Gasteiger charge is 2.29. The molecule has 0 radical (unpaired) electrons. The van der Waals surface area contributed by atoms with Gasteiger partial charge in [-0.15, -0.1) is 0 Å². The zero-order chi connectivity index (χ0) is 18.8. The van der Waals surface area contributed by atoms with Gasteiger partial charge in [0.05, 0.1) is 7.11 Å². The van der Waals surface area contributed by atoms with Crippen LogP contribution < -0.4 is 0 Å². The van der Waals surface area contributed by atoms with Gasteiger partial charge in [0.25, 0.3) is 0 Å². The summed E-state index contributed by atoms with van der Waals surface area (Å²) in [6.45, 7) is 2.26. The Morgan fingerprint density at radius 1 is 0.800 bits per heavy atom. The van der Waals surface area contributed by atoms with Crippen molar-refractivity contribution in [2.45, 2.75) is 116 Å². The van der Waals surface area contributed by atoms with E-state index in [-0.39, 0.29) is 6.42 Å². The van der Waals surface area contributed by atoms with Gasteiger partial charge >= 0.3 is 12.0 Å². The lowest BCUT2D eigenvalue weighted by Crippen LogP contribution is -2.30. The van der Waals surface area contributed by atoms with Crippen molar-refractivity contribution in [3.8, 4) is 0 Å². The van der Waals surface area contributed by atoms with Crippen LogP contribution in [0.5, 0.6) is 0 Å². The van der Waals surface area contributed by atoms with Crippen molar-refractivity contribution in [2.24, 2.45) is 0 Å². The predicted octanol–water partition coefficient (Wildman–Crippen LogP) is 6.07. The Hall–Kier alpha value is -1.13. The van der Waals surface area contributed by atoms with Gasteiger partial charge in [-0.1, -0.05) is 96.8 Å². The summed E-state index contributed by atoms with van der Waals surface area (Å²) in [5.74, 6) is -0.727. The molecule has 0 aliphatic heterocycles. The second kappa shape index (κ2) is 17.7. The lowest BCUT2D eigenvalue weighted by Gasteiger charge is -2.07. The third kappa shape index (κ3) is 14.9. The Labute approximate surface area is 154 Å². The number of rotatable bonds is 18. The number of hydrogen-bond acceptors (Lipinski definition) is 4. The molecule has 25 heavy (non-hydrogen) atoms. The molecule has 0 amide bonds. The molecule has 0 aliphatic rings. The smallest absolute Gasteiger partial charge is 0.381 e. The molecule has 0 aromatic rings. The van der Waals surface area contributed by atoms with Crippen LogP contribution in [-0.2, 0) is 9.53 Å². The van der Waals surface area contributed by atoms with Gasteiger partial charge in [-0.2, -0.15) is 0 Å². The SMILES string of the molecule is CCCCCCCCCCCCCCCCCC(C(=O)OC)[N+](=O)[O-]. The highest BCUT2D eigenvalue weighted by Crippen LogP contribution is 2.14. The molecule has 5 nitrogen and oxygen atoms in total. The number of methoxy groups -OCH3 is 1. The summed E-state index contributed by atoms with van der Waals surface area (Å²) in [5, 5.41) is 10.8. The molecule has 0 aliphatic carbocycles. The van der Waals surface area contributed by atoms with Crippen molar-refractivity contribution in [3.05, 3.63) is 10.1 Å². The van der Waals surface area contributed by atoms with Gasteiger partial charge in [0.15, 0.2) is 0 Å². The predicted molar refractivity (Wildman–Crippen MR) is 102 cm³/mol. The zero-order valence-corrected chi connectivity index (χ0v) is 16.5. The topological polar surface area (TPSA) is 69.4 Å². The summed E-state index contributed by atoms with van der Waals surface area (Å²) in [6, 6.07) is -1.19. The fraction of sp³-hybridized carbons (Fsp3) is 0.950. The van der Waals surface area contributed by atoms with Crippen molar-refractivity contribution >= 4 is 5.97 Å². The molecule has 0 N–H and O–H groups in total. The summed E-state index contributed by atoms with van der Waals surface area (Å²) in [5.41, 5.74) is 0. The third-order valence-corrected chi connectivity index (χ3v) is 4.81. The van der Waals surface area contributed by atoms with Crippen molar-refractivity contribution < 1.29 is 14.5 Å². The first kappa shape index (κ1) is 23.9. The Morgan fingerprint density at radius 2 is 1.16 bits per heavy atom. The number of nitrogens with zero attached hydrogens (tertiary/aromatic N) is 1. The van der Waals surface area contributed by atoms with Gasteiger partial charge in [0, 0.05) is 11.3 Å². The van der Waals surface area contributed by atoms with E-state index in [9.17, 15) is 14.9 Å². The van der Waals surface area contributed by atoms with Crippen molar-refractivity contribution in [1.29, 1.82) is 0 Å². The molecule has 0 aromatic carbocycles. The number of carbonyl (C=O) groups excluding carboxylic acids is 1. The summed E-state index contributed by atoms with van der Waals surface area (Å²) in [6.07, 6.45) is 19.2. The summed E-state index contributed by atoms with van der Waals surface area (Å²) < 4.78 is 4.47. The molecule has 0 saturated carbocycles. The normalized spacial score (nSPS) is 12.1. The summed E-state index contributed by atoms with van der Waals surface area (Å²) in [7, 11) is 1.20. The van der Waals surface area contributed by atoms with E-state index in [1.165, 1.54) is 84.2 Å².